The van der Waals surface area contributed by atoms with E-state index in [-0.39, 0.29) is 0 Å². The fourth-order valence-corrected chi connectivity index (χ4v) is 1.60. The van der Waals surface area contributed by atoms with Crippen molar-refractivity contribution in [1.29, 1.82) is 0 Å². The van der Waals surface area contributed by atoms with Gasteiger partial charge in [0.05, 0.1) is 0 Å². The zero-order valence-corrected chi connectivity index (χ0v) is 9.35. The Bertz CT molecular complexity index is 519. The minimum Gasteiger partial charge on any atom is -0.361 e. The van der Waals surface area contributed by atoms with Gasteiger partial charge >= 0.3 is 0 Å². The highest BCUT2D eigenvalue weighted by atomic mass is 35.5. The molecule has 2 heterocycles. The number of hydrogen-bond acceptors (Lipinski definition) is 1. The van der Waals surface area contributed by atoms with Gasteiger partial charge in [0.2, 0.25) is 0 Å². The summed E-state index contributed by atoms with van der Waals surface area (Å²) >= 11 is 5.88. The van der Waals surface area contributed by atoms with Gasteiger partial charge < -0.3 is 4.98 Å². The molecule has 0 radical (unpaired) electrons. The Labute approximate surface area is 98.9 Å². The summed E-state index contributed by atoms with van der Waals surface area (Å²) in [4.78, 5) is 6.86. The number of rotatable bonds is 0. The Kier molecular flexibility index (Phi) is 3.57. The van der Waals surface area contributed by atoms with E-state index in [4.69, 9.17) is 11.6 Å². The van der Waals surface area contributed by atoms with Crippen LogP contribution in [0.3, 0.4) is 0 Å². The average Bonchev–Trinajstić information content (AvgIpc) is 2.82. The molecule has 2 aromatic heterocycles. The zero-order chi connectivity index (χ0) is 11.2. The number of halogens is 1. The molecule has 0 unspecified atom stereocenters. The number of fused-ring (bicyclic) bond motifs is 1. The van der Waals surface area contributed by atoms with Gasteiger partial charge in [-0.15, -0.1) is 0 Å². The lowest BCUT2D eigenvalue weighted by molar-refractivity contribution is 1.33. The first-order chi connectivity index (χ1) is 7.88. The molecular weight excluding hydrogens is 220 g/mol. The SMILES string of the molecule is Clc1cccc2[nH]ccc12.c1ccncc1. The Balaban J connectivity index is 0.000000138. The Morgan fingerprint density at radius 3 is 2.31 bits per heavy atom. The predicted octanol–water partition coefficient (Wildman–Crippen LogP) is 3.90. The first-order valence-electron chi connectivity index (χ1n) is 4.94. The Morgan fingerprint density at radius 2 is 1.75 bits per heavy atom. The smallest absolute Gasteiger partial charge is 0.0499 e. The van der Waals surface area contributed by atoms with Crippen LogP contribution in [0.1, 0.15) is 0 Å². The van der Waals surface area contributed by atoms with Crippen LogP contribution in [0.2, 0.25) is 5.02 Å². The van der Waals surface area contributed by atoms with Crippen molar-refractivity contribution < 1.29 is 0 Å². The summed E-state index contributed by atoms with van der Waals surface area (Å²) in [7, 11) is 0. The Hall–Kier alpha value is -1.80. The Morgan fingerprint density at radius 1 is 0.938 bits per heavy atom. The first-order valence-corrected chi connectivity index (χ1v) is 5.32. The number of nitrogens with one attached hydrogen (secondary N) is 1. The highest BCUT2D eigenvalue weighted by molar-refractivity contribution is 6.35. The number of hydrogen-bond donors (Lipinski definition) is 1. The van der Waals surface area contributed by atoms with Crippen molar-refractivity contribution in [2.24, 2.45) is 0 Å². The number of pyridine rings is 1. The van der Waals surface area contributed by atoms with Crippen molar-refractivity contribution in [2.75, 3.05) is 0 Å². The van der Waals surface area contributed by atoms with E-state index in [0.29, 0.717) is 0 Å². The van der Waals surface area contributed by atoms with Crippen LogP contribution in [-0.2, 0) is 0 Å². The van der Waals surface area contributed by atoms with Gasteiger partial charge in [0.15, 0.2) is 0 Å². The van der Waals surface area contributed by atoms with Crippen LogP contribution < -0.4 is 0 Å². The van der Waals surface area contributed by atoms with E-state index in [1.54, 1.807) is 12.4 Å². The normalized spacial score (nSPS) is 9.56. The molecule has 0 amide bonds. The maximum Gasteiger partial charge on any atom is 0.0499 e. The zero-order valence-electron chi connectivity index (χ0n) is 8.60. The van der Waals surface area contributed by atoms with Crippen molar-refractivity contribution in [2.45, 2.75) is 0 Å². The van der Waals surface area contributed by atoms with Crippen LogP contribution in [0, 0.1) is 0 Å². The molecule has 1 N–H and O–H groups in total. The third-order valence-corrected chi connectivity index (χ3v) is 2.44. The van der Waals surface area contributed by atoms with Gasteiger partial charge in [-0.2, -0.15) is 0 Å². The lowest BCUT2D eigenvalue weighted by atomic mass is 10.2. The molecule has 0 fully saturated rings. The molecule has 0 saturated heterocycles. The molecule has 2 nitrogen and oxygen atoms in total. The fraction of sp³-hybridized carbons (Fsp3) is 0. The number of H-pyrrole nitrogens is 1. The predicted molar refractivity (Wildman–Crippen MR) is 67.5 cm³/mol. The molecule has 0 atom stereocenters. The molecular formula is C13H11ClN2. The van der Waals surface area contributed by atoms with Crippen molar-refractivity contribution in [3.05, 3.63) is 66.1 Å². The standard InChI is InChI=1S/C8H6ClN.C5H5N/c9-7-2-1-3-8-6(7)4-5-10-8;1-2-4-6-5-3-1/h1-5,10H;1-5H. The van der Waals surface area contributed by atoms with E-state index in [1.807, 2.05) is 48.7 Å². The van der Waals surface area contributed by atoms with Crippen LogP contribution >= 0.6 is 11.6 Å². The second-order valence-corrected chi connectivity index (χ2v) is 3.61. The summed E-state index contributed by atoms with van der Waals surface area (Å²) < 4.78 is 0. The molecule has 0 aliphatic carbocycles. The number of aromatic nitrogens is 2. The molecule has 1 aromatic carbocycles. The maximum absolute atomic E-state index is 5.88. The maximum atomic E-state index is 5.88. The molecule has 3 heteroatoms. The van der Waals surface area contributed by atoms with Crippen LogP contribution in [0.5, 0.6) is 0 Å². The van der Waals surface area contributed by atoms with Gasteiger partial charge in [-0.25, -0.2) is 0 Å². The topological polar surface area (TPSA) is 28.7 Å². The molecule has 80 valence electrons. The second-order valence-electron chi connectivity index (χ2n) is 3.20. The van der Waals surface area contributed by atoms with Crippen LogP contribution in [0.25, 0.3) is 10.9 Å². The summed E-state index contributed by atoms with van der Waals surface area (Å²) in [6.07, 6.45) is 5.39. The third kappa shape index (κ3) is 2.61. The van der Waals surface area contributed by atoms with Gasteiger partial charge in [0, 0.05) is 34.5 Å². The summed E-state index contributed by atoms with van der Waals surface area (Å²) in [6, 6.07) is 13.5. The largest absolute Gasteiger partial charge is 0.361 e. The molecule has 0 spiro atoms. The fourth-order valence-electron chi connectivity index (χ4n) is 1.36. The van der Waals surface area contributed by atoms with Crippen LogP contribution in [-0.4, -0.2) is 9.97 Å². The van der Waals surface area contributed by atoms with E-state index in [0.717, 1.165) is 15.9 Å². The van der Waals surface area contributed by atoms with E-state index in [2.05, 4.69) is 9.97 Å². The minimum absolute atomic E-state index is 0.804. The van der Waals surface area contributed by atoms with Crippen molar-refractivity contribution in [3.63, 3.8) is 0 Å². The van der Waals surface area contributed by atoms with Gasteiger partial charge in [-0.1, -0.05) is 23.7 Å². The minimum atomic E-state index is 0.804. The summed E-state index contributed by atoms with van der Waals surface area (Å²) in [6.45, 7) is 0. The van der Waals surface area contributed by atoms with Gasteiger partial charge in [-0.3, -0.25) is 4.98 Å². The van der Waals surface area contributed by atoms with Crippen molar-refractivity contribution >= 4 is 22.5 Å². The summed E-state index contributed by atoms with van der Waals surface area (Å²) in [5.41, 5.74) is 1.09. The molecule has 3 aromatic rings. The molecule has 0 saturated carbocycles. The van der Waals surface area contributed by atoms with E-state index >= 15 is 0 Å². The average molecular weight is 231 g/mol. The lowest BCUT2D eigenvalue weighted by Gasteiger charge is -1.89. The molecule has 0 aliphatic rings. The van der Waals surface area contributed by atoms with Crippen LogP contribution in [0.15, 0.2) is 61.1 Å². The summed E-state index contributed by atoms with van der Waals surface area (Å²) in [5.74, 6) is 0. The first kappa shape index (κ1) is 10.7. The summed E-state index contributed by atoms with van der Waals surface area (Å²) in [5, 5.41) is 1.89. The second kappa shape index (κ2) is 5.33. The number of nitrogens with zero attached hydrogens (tertiary/aromatic N) is 1. The highest BCUT2D eigenvalue weighted by Crippen LogP contribution is 2.21. The quantitative estimate of drug-likeness (QED) is 0.623. The number of aromatic amines is 1. The van der Waals surface area contributed by atoms with E-state index < -0.39 is 0 Å². The molecule has 0 aliphatic heterocycles. The van der Waals surface area contributed by atoms with Gasteiger partial charge in [0.1, 0.15) is 0 Å². The number of benzene rings is 1. The monoisotopic (exact) mass is 230 g/mol. The molecule has 16 heavy (non-hydrogen) atoms. The highest BCUT2D eigenvalue weighted by Gasteiger charge is 1.95. The van der Waals surface area contributed by atoms with Crippen LogP contribution in [0.4, 0.5) is 0 Å². The molecule has 0 bridgehead atoms. The van der Waals surface area contributed by atoms with E-state index in [1.165, 1.54) is 0 Å². The van der Waals surface area contributed by atoms with Crippen molar-refractivity contribution in [1.82, 2.24) is 9.97 Å². The third-order valence-electron chi connectivity index (χ3n) is 2.11. The van der Waals surface area contributed by atoms with Gasteiger partial charge in [-0.05, 0) is 30.3 Å². The molecule has 3 rings (SSSR count). The van der Waals surface area contributed by atoms with E-state index in [9.17, 15) is 0 Å². The lowest BCUT2D eigenvalue weighted by Crippen LogP contribution is -1.66. The van der Waals surface area contributed by atoms with Gasteiger partial charge in [0.25, 0.3) is 0 Å². The van der Waals surface area contributed by atoms with Crippen molar-refractivity contribution in [3.8, 4) is 0 Å².